The van der Waals surface area contributed by atoms with E-state index in [0.29, 0.717) is 5.41 Å². The van der Waals surface area contributed by atoms with E-state index >= 15 is 0 Å². The van der Waals surface area contributed by atoms with Crippen LogP contribution in [-0.4, -0.2) is 5.88 Å². The summed E-state index contributed by atoms with van der Waals surface area (Å²) in [7, 11) is 0. The first-order valence-corrected chi connectivity index (χ1v) is 6.34. The Hall–Kier alpha value is 0.290. The summed E-state index contributed by atoms with van der Waals surface area (Å²) in [6, 6.07) is 0. The monoisotopic (exact) mass is 204 g/mol. The van der Waals surface area contributed by atoms with Gasteiger partial charge in [0.1, 0.15) is 0 Å². The van der Waals surface area contributed by atoms with Crippen LogP contribution < -0.4 is 0 Å². The minimum absolute atomic E-state index is 0.440. The molecule has 0 spiro atoms. The van der Waals surface area contributed by atoms with E-state index in [1.807, 2.05) is 0 Å². The Labute approximate surface area is 89.1 Å². The van der Waals surface area contributed by atoms with Gasteiger partial charge in [-0.05, 0) is 24.7 Å². The molecule has 0 atom stereocenters. The number of rotatable bonds is 8. The van der Waals surface area contributed by atoms with Gasteiger partial charge in [-0.1, -0.05) is 46.5 Å². The molecular formula is C12H25Cl. The number of hydrogen-bond acceptors (Lipinski definition) is 0. The van der Waals surface area contributed by atoms with Crippen LogP contribution in [0.2, 0.25) is 0 Å². The minimum Gasteiger partial charge on any atom is -0.126 e. The molecule has 0 bridgehead atoms. The number of halogens is 1. The average Bonchev–Trinajstić information content (AvgIpc) is 2.20. The third-order valence-electron chi connectivity index (χ3n) is 3.34. The van der Waals surface area contributed by atoms with Gasteiger partial charge < -0.3 is 0 Å². The van der Waals surface area contributed by atoms with E-state index in [1.165, 1.54) is 44.9 Å². The summed E-state index contributed by atoms with van der Waals surface area (Å²) in [5.41, 5.74) is 0.440. The highest BCUT2D eigenvalue weighted by Gasteiger charge is 2.23. The predicted octanol–water partition coefficient (Wildman–Crippen LogP) is 5.00. The van der Waals surface area contributed by atoms with Crippen LogP contribution in [-0.2, 0) is 0 Å². The first kappa shape index (κ1) is 13.3. The molecule has 0 rings (SSSR count). The van der Waals surface area contributed by atoms with Crippen LogP contribution in [0.25, 0.3) is 0 Å². The molecule has 0 radical (unpaired) electrons. The molecule has 0 saturated heterocycles. The maximum Gasteiger partial charge on any atom is 0.0279 e. The van der Waals surface area contributed by atoms with E-state index in [1.54, 1.807) is 0 Å². The Morgan fingerprint density at radius 1 is 0.923 bits per heavy atom. The summed E-state index contributed by atoms with van der Waals surface area (Å²) >= 11 is 6.04. The summed E-state index contributed by atoms with van der Waals surface area (Å²) < 4.78 is 0. The van der Waals surface area contributed by atoms with Crippen molar-refractivity contribution >= 4 is 11.6 Å². The maximum absolute atomic E-state index is 6.04. The van der Waals surface area contributed by atoms with Gasteiger partial charge >= 0.3 is 0 Å². The van der Waals surface area contributed by atoms with Crippen molar-refractivity contribution in [2.24, 2.45) is 5.41 Å². The van der Waals surface area contributed by atoms with Gasteiger partial charge in [0.05, 0.1) is 0 Å². The van der Waals surface area contributed by atoms with E-state index in [9.17, 15) is 0 Å². The molecule has 1 heteroatoms. The number of alkyl halides is 1. The fourth-order valence-electron chi connectivity index (χ4n) is 1.79. The highest BCUT2D eigenvalue weighted by molar-refractivity contribution is 6.18. The first-order valence-electron chi connectivity index (χ1n) is 5.80. The summed E-state index contributed by atoms with van der Waals surface area (Å²) in [6.07, 6.45) is 9.25. The van der Waals surface area contributed by atoms with Crippen LogP contribution in [0.1, 0.15) is 65.7 Å². The van der Waals surface area contributed by atoms with Crippen LogP contribution in [0.15, 0.2) is 0 Å². The fraction of sp³-hybridized carbons (Fsp3) is 1.00. The van der Waals surface area contributed by atoms with Crippen molar-refractivity contribution in [3.05, 3.63) is 0 Å². The quantitative estimate of drug-likeness (QED) is 0.386. The van der Waals surface area contributed by atoms with E-state index < -0.39 is 0 Å². The van der Waals surface area contributed by atoms with Crippen molar-refractivity contribution in [2.45, 2.75) is 65.7 Å². The SMILES string of the molecule is CCCCCCC(CC)(CC)CCl. The van der Waals surface area contributed by atoms with Crippen molar-refractivity contribution in [3.63, 3.8) is 0 Å². The van der Waals surface area contributed by atoms with Gasteiger partial charge in [0.2, 0.25) is 0 Å². The largest absolute Gasteiger partial charge is 0.126 e. The molecule has 0 aliphatic carbocycles. The van der Waals surface area contributed by atoms with E-state index in [4.69, 9.17) is 11.6 Å². The molecule has 13 heavy (non-hydrogen) atoms. The lowest BCUT2D eigenvalue weighted by Crippen LogP contribution is -2.20. The van der Waals surface area contributed by atoms with Crippen molar-refractivity contribution in [1.29, 1.82) is 0 Å². The lowest BCUT2D eigenvalue weighted by molar-refractivity contribution is 0.267. The second kappa shape index (κ2) is 7.67. The minimum atomic E-state index is 0.440. The second-order valence-corrected chi connectivity index (χ2v) is 4.42. The molecular weight excluding hydrogens is 180 g/mol. The third-order valence-corrected chi connectivity index (χ3v) is 3.91. The summed E-state index contributed by atoms with van der Waals surface area (Å²) in [5, 5.41) is 0. The lowest BCUT2D eigenvalue weighted by atomic mass is 9.79. The molecule has 0 nitrogen and oxygen atoms in total. The molecule has 0 aliphatic heterocycles. The molecule has 0 aliphatic rings. The molecule has 0 aromatic carbocycles. The Balaban J connectivity index is 3.68. The van der Waals surface area contributed by atoms with Gasteiger partial charge in [0, 0.05) is 5.88 Å². The zero-order valence-electron chi connectivity index (χ0n) is 9.53. The average molecular weight is 205 g/mol. The standard InChI is InChI=1S/C12H25Cl/c1-4-7-8-9-10-12(5-2,6-3)11-13/h4-11H2,1-3H3. The van der Waals surface area contributed by atoms with E-state index in [-0.39, 0.29) is 0 Å². The van der Waals surface area contributed by atoms with Crippen LogP contribution in [0.3, 0.4) is 0 Å². The molecule has 0 fully saturated rings. The Bertz CT molecular complexity index is 97.4. The van der Waals surface area contributed by atoms with Crippen LogP contribution >= 0.6 is 11.6 Å². The smallest absolute Gasteiger partial charge is 0.0279 e. The molecule has 0 unspecified atom stereocenters. The van der Waals surface area contributed by atoms with Gasteiger partial charge in [-0.2, -0.15) is 0 Å². The molecule has 0 heterocycles. The molecule has 0 N–H and O–H groups in total. The van der Waals surface area contributed by atoms with Gasteiger partial charge in [0.15, 0.2) is 0 Å². The van der Waals surface area contributed by atoms with Crippen LogP contribution in [0, 0.1) is 5.41 Å². The van der Waals surface area contributed by atoms with Crippen LogP contribution in [0.4, 0.5) is 0 Å². The summed E-state index contributed by atoms with van der Waals surface area (Å²) in [4.78, 5) is 0. The number of unbranched alkanes of at least 4 members (excludes halogenated alkanes) is 3. The van der Waals surface area contributed by atoms with Gasteiger partial charge in [0.25, 0.3) is 0 Å². The van der Waals surface area contributed by atoms with Gasteiger partial charge in [-0.25, -0.2) is 0 Å². The Morgan fingerprint density at radius 2 is 1.54 bits per heavy atom. The summed E-state index contributed by atoms with van der Waals surface area (Å²) in [6.45, 7) is 6.80. The van der Waals surface area contributed by atoms with Gasteiger partial charge in [-0.3, -0.25) is 0 Å². The zero-order chi connectivity index (χ0) is 10.2. The maximum atomic E-state index is 6.04. The fourth-order valence-corrected chi connectivity index (χ4v) is 2.30. The normalized spacial score (nSPS) is 12.0. The number of hydrogen-bond donors (Lipinski definition) is 0. The van der Waals surface area contributed by atoms with Crippen LogP contribution in [0.5, 0.6) is 0 Å². The molecule has 0 amide bonds. The van der Waals surface area contributed by atoms with Crippen molar-refractivity contribution < 1.29 is 0 Å². The van der Waals surface area contributed by atoms with Crippen molar-refractivity contribution in [3.8, 4) is 0 Å². The third kappa shape index (κ3) is 4.90. The van der Waals surface area contributed by atoms with E-state index in [0.717, 1.165) is 5.88 Å². The Kier molecular flexibility index (Phi) is 7.84. The zero-order valence-corrected chi connectivity index (χ0v) is 10.3. The first-order chi connectivity index (χ1) is 6.24. The summed E-state index contributed by atoms with van der Waals surface area (Å²) in [5.74, 6) is 0.839. The van der Waals surface area contributed by atoms with E-state index in [2.05, 4.69) is 20.8 Å². The topological polar surface area (TPSA) is 0 Å². The highest BCUT2D eigenvalue weighted by Crippen LogP contribution is 2.33. The van der Waals surface area contributed by atoms with Crippen molar-refractivity contribution in [2.75, 3.05) is 5.88 Å². The van der Waals surface area contributed by atoms with Crippen molar-refractivity contribution in [1.82, 2.24) is 0 Å². The molecule has 0 aromatic rings. The Morgan fingerprint density at radius 3 is 1.92 bits per heavy atom. The second-order valence-electron chi connectivity index (χ2n) is 4.15. The lowest BCUT2D eigenvalue weighted by Gasteiger charge is -2.29. The highest BCUT2D eigenvalue weighted by atomic mass is 35.5. The molecule has 0 aromatic heterocycles. The molecule has 0 saturated carbocycles. The van der Waals surface area contributed by atoms with Gasteiger partial charge in [-0.15, -0.1) is 11.6 Å². The molecule has 80 valence electrons. The predicted molar refractivity (Wildman–Crippen MR) is 62.5 cm³/mol.